The van der Waals surface area contributed by atoms with Gasteiger partial charge < -0.3 is 4.90 Å². The van der Waals surface area contributed by atoms with E-state index in [1.54, 1.807) is 0 Å². The molecule has 0 spiro atoms. The van der Waals surface area contributed by atoms with Gasteiger partial charge in [0.1, 0.15) is 0 Å². The van der Waals surface area contributed by atoms with Gasteiger partial charge in [0.15, 0.2) is 0 Å². The molecule has 0 N–H and O–H groups in total. The van der Waals surface area contributed by atoms with Crippen LogP contribution in [0.2, 0.25) is 0 Å². The fraction of sp³-hybridized carbons (Fsp3) is 1.00. The molecule has 1 nitrogen and oxygen atoms in total. The molecule has 0 aromatic carbocycles. The zero-order chi connectivity index (χ0) is 9.56. The highest BCUT2D eigenvalue weighted by atomic mass is 32.1. The summed E-state index contributed by atoms with van der Waals surface area (Å²) in [5.41, 5.74) is 0. The monoisotopic (exact) mass is 189 g/mol. The van der Waals surface area contributed by atoms with Crippen molar-refractivity contribution in [2.75, 3.05) is 25.4 Å². The lowest BCUT2D eigenvalue weighted by Gasteiger charge is -2.26. The summed E-state index contributed by atoms with van der Waals surface area (Å²) in [6, 6.07) is 0. The Morgan fingerprint density at radius 1 is 1.17 bits per heavy atom. The molecule has 0 aromatic rings. The molecule has 0 amide bonds. The quantitative estimate of drug-likeness (QED) is 0.628. The van der Waals surface area contributed by atoms with Crippen molar-refractivity contribution in [3.63, 3.8) is 0 Å². The van der Waals surface area contributed by atoms with Crippen LogP contribution in [0.15, 0.2) is 0 Å². The van der Waals surface area contributed by atoms with E-state index in [0.717, 1.165) is 30.7 Å². The summed E-state index contributed by atoms with van der Waals surface area (Å²) >= 11 is 4.38. The van der Waals surface area contributed by atoms with E-state index < -0.39 is 0 Å². The highest BCUT2D eigenvalue weighted by Crippen LogP contribution is 2.13. The molecule has 1 unspecified atom stereocenters. The van der Waals surface area contributed by atoms with Crippen LogP contribution in [-0.4, -0.2) is 30.3 Å². The molecule has 0 fully saturated rings. The Morgan fingerprint density at radius 2 is 1.67 bits per heavy atom. The van der Waals surface area contributed by atoms with Gasteiger partial charge in [0.05, 0.1) is 0 Å². The van der Waals surface area contributed by atoms with Crippen LogP contribution < -0.4 is 0 Å². The molecule has 0 aliphatic carbocycles. The molecular weight excluding hydrogens is 166 g/mol. The number of hydrogen-bond acceptors (Lipinski definition) is 2. The SMILES string of the molecule is CCN(CC)CC(CS)C(C)C. The summed E-state index contributed by atoms with van der Waals surface area (Å²) in [6.07, 6.45) is 0. The molecule has 1 atom stereocenters. The molecule has 0 radical (unpaired) electrons. The molecule has 0 bridgehead atoms. The first-order chi connectivity index (χ1) is 5.65. The highest BCUT2D eigenvalue weighted by Gasteiger charge is 2.13. The Balaban J connectivity index is 3.82. The lowest BCUT2D eigenvalue weighted by atomic mass is 9.97. The first-order valence-electron chi connectivity index (χ1n) is 4.98. The van der Waals surface area contributed by atoms with Gasteiger partial charge in [-0.25, -0.2) is 0 Å². The van der Waals surface area contributed by atoms with Gasteiger partial charge in [0.25, 0.3) is 0 Å². The second-order valence-electron chi connectivity index (χ2n) is 3.67. The van der Waals surface area contributed by atoms with Crippen molar-refractivity contribution < 1.29 is 0 Å². The number of nitrogens with zero attached hydrogens (tertiary/aromatic N) is 1. The van der Waals surface area contributed by atoms with Gasteiger partial charge in [-0.05, 0) is 30.7 Å². The molecule has 0 saturated heterocycles. The molecule has 0 aliphatic heterocycles. The van der Waals surface area contributed by atoms with Crippen LogP contribution in [0, 0.1) is 11.8 Å². The average Bonchev–Trinajstić information content (AvgIpc) is 2.06. The van der Waals surface area contributed by atoms with E-state index in [9.17, 15) is 0 Å². The molecular formula is C10H23NS. The number of thiol groups is 1. The van der Waals surface area contributed by atoms with Crippen LogP contribution in [0.4, 0.5) is 0 Å². The third kappa shape index (κ3) is 4.36. The Bertz CT molecular complexity index is 100. The minimum absolute atomic E-state index is 0.744. The summed E-state index contributed by atoms with van der Waals surface area (Å²) in [5, 5.41) is 0. The summed E-state index contributed by atoms with van der Waals surface area (Å²) in [7, 11) is 0. The maximum atomic E-state index is 4.38. The number of hydrogen-bond donors (Lipinski definition) is 1. The van der Waals surface area contributed by atoms with Crippen LogP contribution in [0.1, 0.15) is 27.7 Å². The molecule has 0 aromatic heterocycles. The summed E-state index contributed by atoms with van der Waals surface area (Å²) in [6.45, 7) is 12.5. The molecule has 0 rings (SSSR count). The van der Waals surface area contributed by atoms with Gasteiger partial charge in [-0.1, -0.05) is 27.7 Å². The van der Waals surface area contributed by atoms with Gasteiger partial charge in [0.2, 0.25) is 0 Å². The standard InChI is InChI=1S/C10H23NS/c1-5-11(6-2)7-10(8-12)9(3)4/h9-10,12H,5-8H2,1-4H3. The maximum absolute atomic E-state index is 4.38. The van der Waals surface area contributed by atoms with Crippen LogP contribution in [0.3, 0.4) is 0 Å². The van der Waals surface area contributed by atoms with Crippen molar-refractivity contribution in [1.82, 2.24) is 4.90 Å². The summed E-state index contributed by atoms with van der Waals surface area (Å²) in [4.78, 5) is 2.47. The van der Waals surface area contributed by atoms with Crippen molar-refractivity contribution >= 4 is 12.6 Å². The van der Waals surface area contributed by atoms with E-state index >= 15 is 0 Å². The smallest absolute Gasteiger partial charge is 0.00197 e. The van der Waals surface area contributed by atoms with E-state index in [4.69, 9.17) is 0 Å². The van der Waals surface area contributed by atoms with Crippen LogP contribution in [-0.2, 0) is 0 Å². The summed E-state index contributed by atoms with van der Waals surface area (Å²) in [5.74, 6) is 2.50. The summed E-state index contributed by atoms with van der Waals surface area (Å²) < 4.78 is 0. The molecule has 74 valence electrons. The van der Waals surface area contributed by atoms with Gasteiger partial charge in [-0.15, -0.1) is 0 Å². The van der Waals surface area contributed by atoms with Crippen molar-refractivity contribution in [3.05, 3.63) is 0 Å². The van der Waals surface area contributed by atoms with E-state index in [-0.39, 0.29) is 0 Å². The van der Waals surface area contributed by atoms with Crippen LogP contribution in [0.25, 0.3) is 0 Å². The molecule has 2 heteroatoms. The largest absolute Gasteiger partial charge is 0.304 e. The van der Waals surface area contributed by atoms with Crippen LogP contribution in [0.5, 0.6) is 0 Å². The predicted molar refractivity (Wildman–Crippen MR) is 60.0 cm³/mol. The lowest BCUT2D eigenvalue weighted by molar-refractivity contribution is 0.233. The first-order valence-corrected chi connectivity index (χ1v) is 5.62. The zero-order valence-electron chi connectivity index (χ0n) is 8.88. The van der Waals surface area contributed by atoms with Crippen molar-refractivity contribution in [2.24, 2.45) is 11.8 Å². The van der Waals surface area contributed by atoms with E-state index in [2.05, 4.69) is 45.2 Å². The third-order valence-electron chi connectivity index (χ3n) is 2.56. The maximum Gasteiger partial charge on any atom is 0.00197 e. The highest BCUT2D eigenvalue weighted by molar-refractivity contribution is 7.80. The fourth-order valence-electron chi connectivity index (χ4n) is 1.29. The first kappa shape index (κ1) is 12.3. The molecule has 12 heavy (non-hydrogen) atoms. The van der Waals surface area contributed by atoms with E-state index in [1.807, 2.05) is 0 Å². The Morgan fingerprint density at radius 3 is 1.92 bits per heavy atom. The Labute approximate surface area is 82.9 Å². The van der Waals surface area contributed by atoms with E-state index in [1.165, 1.54) is 6.54 Å². The fourth-order valence-corrected chi connectivity index (χ4v) is 1.83. The zero-order valence-corrected chi connectivity index (χ0v) is 9.77. The minimum Gasteiger partial charge on any atom is -0.304 e. The van der Waals surface area contributed by atoms with Crippen molar-refractivity contribution in [3.8, 4) is 0 Å². The molecule has 0 heterocycles. The van der Waals surface area contributed by atoms with Gasteiger partial charge in [-0.2, -0.15) is 12.6 Å². The van der Waals surface area contributed by atoms with Gasteiger partial charge in [0, 0.05) is 6.54 Å². The van der Waals surface area contributed by atoms with Gasteiger partial charge in [-0.3, -0.25) is 0 Å². The van der Waals surface area contributed by atoms with Crippen molar-refractivity contribution in [2.45, 2.75) is 27.7 Å². The Hall–Kier alpha value is 0.310. The molecule has 0 aliphatic rings. The average molecular weight is 189 g/mol. The van der Waals surface area contributed by atoms with Crippen molar-refractivity contribution in [1.29, 1.82) is 0 Å². The second kappa shape index (κ2) is 6.79. The van der Waals surface area contributed by atoms with Gasteiger partial charge >= 0.3 is 0 Å². The van der Waals surface area contributed by atoms with Crippen LogP contribution >= 0.6 is 12.6 Å². The topological polar surface area (TPSA) is 3.24 Å². The minimum atomic E-state index is 0.744. The third-order valence-corrected chi connectivity index (χ3v) is 3.03. The second-order valence-corrected chi connectivity index (χ2v) is 4.04. The Kier molecular flexibility index (Phi) is 6.96. The van der Waals surface area contributed by atoms with E-state index in [0.29, 0.717) is 0 Å². The predicted octanol–water partition coefficient (Wildman–Crippen LogP) is 2.53. The molecule has 0 saturated carbocycles. The lowest BCUT2D eigenvalue weighted by Crippen LogP contribution is -2.32. The normalized spacial score (nSPS) is 14.2. The number of rotatable bonds is 6.